The van der Waals surface area contributed by atoms with Gasteiger partial charge in [-0.25, -0.2) is 0 Å². The second-order valence-electron chi connectivity index (χ2n) is 5.66. The predicted octanol–water partition coefficient (Wildman–Crippen LogP) is 2.52. The van der Waals surface area contributed by atoms with E-state index < -0.39 is 0 Å². The van der Waals surface area contributed by atoms with E-state index in [1.807, 2.05) is 38.1 Å². The van der Waals surface area contributed by atoms with Crippen LogP contribution in [-0.2, 0) is 4.79 Å². The Hall–Kier alpha value is -3.02. The number of carbonyl (C=O) groups excluding carboxylic acids is 2. The summed E-state index contributed by atoms with van der Waals surface area (Å²) in [4.78, 5) is 25.6. The molecule has 2 rings (SSSR count). The van der Waals surface area contributed by atoms with E-state index in [1.165, 1.54) is 0 Å². The van der Waals surface area contributed by atoms with Crippen molar-refractivity contribution >= 4 is 23.2 Å². The molecule has 0 aromatic heterocycles. The third kappa shape index (κ3) is 5.53. The molecular weight excluding hydrogens is 318 g/mol. The minimum atomic E-state index is -0.179. The largest absolute Gasteiger partial charge is 0.484 e. The van der Waals surface area contributed by atoms with Crippen LogP contribution in [0.3, 0.4) is 0 Å². The number of rotatable bonds is 7. The summed E-state index contributed by atoms with van der Waals surface area (Å²) in [5.74, 6) is 0.224. The van der Waals surface area contributed by atoms with Crippen LogP contribution in [0.25, 0.3) is 0 Å². The molecule has 132 valence electrons. The van der Waals surface area contributed by atoms with Crippen LogP contribution in [0.15, 0.2) is 48.5 Å². The van der Waals surface area contributed by atoms with E-state index in [9.17, 15) is 9.59 Å². The van der Waals surface area contributed by atoms with Crippen molar-refractivity contribution in [2.45, 2.75) is 6.92 Å². The highest BCUT2D eigenvalue weighted by Gasteiger charge is 2.07. The Kier molecular flexibility index (Phi) is 6.39. The Morgan fingerprint density at radius 2 is 1.64 bits per heavy atom. The number of hydrogen-bond donors (Lipinski definition) is 2. The van der Waals surface area contributed by atoms with Crippen LogP contribution >= 0.6 is 0 Å². The summed E-state index contributed by atoms with van der Waals surface area (Å²) in [6, 6.07) is 14.3. The van der Waals surface area contributed by atoms with Gasteiger partial charge in [-0.05, 0) is 55.5 Å². The molecule has 0 heterocycles. The van der Waals surface area contributed by atoms with Gasteiger partial charge in [-0.1, -0.05) is 0 Å². The van der Waals surface area contributed by atoms with Crippen LogP contribution in [-0.4, -0.2) is 39.1 Å². The standard InChI is InChI=1S/C19H23N3O3/c1-4-20-18(23)13-25-17-11-7-15(8-12-17)21-19(24)14-5-9-16(10-6-14)22(2)3/h5-12H,4,13H2,1-3H3,(H,20,23)(H,21,24). The van der Waals surface area contributed by atoms with Gasteiger partial charge >= 0.3 is 0 Å². The van der Waals surface area contributed by atoms with Crippen LogP contribution in [0.2, 0.25) is 0 Å². The van der Waals surface area contributed by atoms with Crippen molar-refractivity contribution in [1.82, 2.24) is 5.32 Å². The summed E-state index contributed by atoms with van der Waals surface area (Å²) < 4.78 is 5.37. The monoisotopic (exact) mass is 341 g/mol. The second-order valence-corrected chi connectivity index (χ2v) is 5.66. The van der Waals surface area contributed by atoms with Crippen molar-refractivity contribution in [2.75, 3.05) is 37.5 Å². The van der Waals surface area contributed by atoms with Gasteiger partial charge in [-0.3, -0.25) is 9.59 Å². The Morgan fingerprint density at radius 3 is 2.20 bits per heavy atom. The molecule has 0 aliphatic carbocycles. The van der Waals surface area contributed by atoms with Crippen molar-refractivity contribution < 1.29 is 14.3 Å². The van der Waals surface area contributed by atoms with E-state index in [0.29, 0.717) is 23.5 Å². The number of benzene rings is 2. The molecule has 0 fully saturated rings. The van der Waals surface area contributed by atoms with E-state index >= 15 is 0 Å². The fraction of sp³-hybridized carbons (Fsp3) is 0.263. The normalized spacial score (nSPS) is 10.0. The molecule has 0 saturated heterocycles. The van der Waals surface area contributed by atoms with Gasteiger partial charge in [-0.2, -0.15) is 0 Å². The van der Waals surface area contributed by atoms with Crippen LogP contribution in [0.1, 0.15) is 17.3 Å². The molecule has 0 bridgehead atoms. The van der Waals surface area contributed by atoms with Gasteiger partial charge in [0, 0.05) is 37.6 Å². The summed E-state index contributed by atoms with van der Waals surface area (Å²) in [5, 5.41) is 5.49. The van der Waals surface area contributed by atoms with E-state index in [2.05, 4.69) is 10.6 Å². The van der Waals surface area contributed by atoms with Crippen molar-refractivity contribution in [1.29, 1.82) is 0 Å². The minimum absolute atomic E-state index is 0.0300. The lowest BCUT2D eigenvalue weighted by Gasteiger charge is -2.12. The summed E-state index contributed by atoms with van der Waals surface area (Å²) >= 11 is 0. The van der Waals surface area contributed by atoms with Gasteiger partial charge in [0.2, 0.25) is 0 Å². The van der Waals surface area contributed by atoms with Gasteiger partial charge in [0.05, 0.1) is 0 Å². The highest BCUT2D eigenvalue weighted by molar-refractivity contribution is 6.04. The molecule has 6 heteroatoms. The van der Waals surface area contributed by atoms with Crippen LogP contribution in [0.5, 0.6) is 5.75 Å². The maximum atomic E-state index is 12.3. The van der Waals surface area contributed by atoms with E-state index in [0.717, 1.165) is 5.69 Å². The maximum absolute atomic E-state index is 12.3. The first-order valence-electron chi connectivity index (χ1n) is 8.08. The molecule has 2 aromatic rings. The summed E-state index contributed by atoms with van der Waals surface area (Å²) in [5.41, 5.74) is 2.28. The summed E-state index contributed by atoms with van der Waals surface area (Å²) in [7, 11) is 3.90. The Morgan fingerprint density at radius 1 is 1.00 bits per heavy atom. The maximum Gasteiger partial charge on any atom is 0.257 e. The molecule has 0 radical (unpaired) electrons. The van der Waals surface area contributed by atoms with Gasteiger partial charge in [-0.15, -0.1) is 0 Å². The first-order chi connectivity index (χ1) is 12.0. The number of amides is 2. The smallest absolute Gasteiger partial charge is 0.257 e. The van der Waals surface area contributed by atoms with Gasteiger partial charge in [0.15, 0.2) is 6.61 Å². The summed E-state index contributed by atoms with van der Waals surface area (Å²) in [6.07, 6.45) is 0. The third-order valence-corrected chi connectivity index (χ3v) is 3.50. The lowest BCUT2D eigenvalue weighted by Crippen LogP contribution is -2.28. The fourth-order valence-electron chi connectivity index (χ4n) is 2.15. The van der Waals surface area contributed by atoms with Crippen LogP contribution in [0, 0.1) is 0 Å². The van der Waals surface area contributed by atoms with Gasteiger partial charge < -0.3 is 20.3 Å². The zero-order valence-corrected chi connectivity index (χ0v) is 14.7. The zero-order valence-electron chi connectivity index (χ0n) is 14.7. The van der Waals surface area contributed by atoms with Crippen molar-refractivity contribution in [3.8, 4) is 5.75 Å². The van der Waals surface area contributed by atoms with Gasteiger partial charge in [0.1, 0.15) is 5.75 Å². The highest BCUT2D eigenvalue weighted by atomic mass is 16.5. The molecule has 0 saturated carbocycles. The Bertz CT molecular complexity index is 710. The number of nitrogens with zero attached hydrogens (tertiary/aromatic N) is 1. The molecule has 2 N–H and O–H groups in total. The van der Waals surface area contributed by atoms with Crippen LogP contribution in [0.4, 0.5) is 11.4 Å². The quantitative estimate of drug-likeness (QED) is 0.812. The van der Waals surface area contributed by atoms with E-state index in [-0.39, 0.29) is 18.4 Å². The average Bonchev–Trinajstić information content (AvgIpc) is 2.61. The zero-order chi connectivity index (χ0) is 18.2. The molecule has 2 aromatic carbocycles. The van der Waals surface area contributed by atoms with Crippen molar-refractivity contribution in [2.24, 2.45) is 0 Å². The van der Waals surface area contributed by atoms with Crippen molar-refractivity contribution in [3.05, 3.63) is 54.1 Å². The molecule has 0 unspecified atom stereocenters. The predicted molar refractivity (Wildman–Crippen MR) is 99.3 cm³/mol. The third-order valence-electron chi connectivity index (χ3n) is 3.50. The molecule has 2 amide bonds. The molecule has 6 nitrogen and oxygen atoms in total. The van der Waals surface area contributed by atoms with Gasteiger partial charge in [0.25, 0.3) is 11.8 Å². The Labute approximate surface area is 147 Å². The number of likely N-dealkylation sites (N-methyl/N-ethyl adjacent to an activating group) is 1. The number of ether oxygens (including phenoxy) is 1. The molecule has 0 spiro atoms. The first-order valence-corrected chi connectivity index (χ1v) is 8.08. The molecular formula is C19H23N3O3. The molecule has 25 heavy (non-hydrogen) atoms. The molecule has 0 atom stereocenters. The van der Waals surface area contributed by atoms with Crippen molar-refractivity contribution in [3.63, 3.8) is 0 Å². The topological polar surface area (TPSA) is 70.7 Å². The Balaban J connectivity index is 1.91. The fourth-order valence-corrected chi connectivity index (χ4v) is 2.15. The number of hydrogen-bond acceptors (Lipinski definition) is 4. The lowest BCUT2D eigenvalue weighted by molar-refractivity contribution is -0.122. The second kappa shape index (κ2) is 8.73. The molecule has 0 aliphatic rings. The number of anilines is 2. The van der Waals surface area contributed by atoms with E-state index in [4.69, 9.17) is 4.74 Å². The number of nitrogens with one attached hydrogen (secondary N) is 2. The minimum Gasteiger partial charge on any atom is -0.484 e. The highest BCUT2D eigenvalue weighted by Crippen LogP contribution is 2.17. The lowest BCUT2D eigenvalue weighted by atomic mass is 10.2. The SMILES string of the molecule is CCNC(=O)COc1ccc(NC(=O)c2ccc(N(C)C)cc2)cc1. The van der Waals surface area contributed by atoms with Crippen LogP contribution < -0.4 is 20.3 Å². The van der Waals surface area contributed by atoms with E-state index in [1.54, 1.807) is 36.4 Å². The first kappa shape index (κ1) is 18.3. The molecule has 0 aliphatic heterocycles. The summed E-state index contributed by atoms with van der Waals surface area (Å²) in [6.45, 7) is 2.39. The number of carbonyl (C=O) groups is 2. The average molecular weight is 341 g/mol.